The van der Waals surface area contributed by atoms with Gasteiger partial charge in [-0.2, -0.15) is 9.97 Å². The zero-order valence-corrected chi connectivity index (χ0v) is 50.4. The summed E-state index contributed by atoms with van der Waals surface area (Å²) in [6, 6.07) is 26.7. The quantitative estimate of drug-likeness (QED) is 0.0475. The molecule has 5 amide bonds. The molecule has 21 heteroatoms. The highest BCUT2D eigenvalue weighted by Crippen LogP contribution is 2.51. The summed E-state index contributed by atoms with van der Waals surface area (Å²) in [5.41, 5.74) is 7.62. The van der Waals surface area contributed by atoms with Crippen molar-refractivity contribution in [3.63, 3.8) is 0 Å². The normalized spacial score (nSPS) is 19.5. The zero-order chi connectivity index (χ0) is 60.4. The molecule has 0 unspecified atom stereocenters. The molecule has 3 aromatic carbocycles. The summed E-state index contributed by atoms with van der Waals surface area (Å²) in [6.07, 6.45) is 6.27. The van der Waals surface area contributed by atoms with Crippen LogP contribution in [0.4, 0.5) is 29.0 Å². The lowest BCUT2D eigenvalue weighted by Gasteiger charge is -2.56. The summed E-state index contributed by atoms with van der Waals surface area (Å²) in [6.45, 7) is 18.3. The number of amides is 5. The molecule has 86 heavy (non-hydrogen) atoms. The van der Waals surface area contributed by atoms with Gasteiger partial charge in [0, 0.05) is 94.4 Å². The van der Waals surface area contributed by atoms with Crippen molar-refractivity contribution in [2.75, 3.05) is 62.6 Å². The number of carbonyl (C=O) groups excluding carboxylic acids is 5. The Morgan fingerprint density at radius 3 is 2.31 bits per heavy atom. The van der Waals surface area contributed by atoms with Gasteiger partial charge in [0.2, 0.25) is 35.3 Å². The molecule has 7 N–H and O–H groups in total. The second kappa shape index (κ2) is 25.2. The molecule has 5 aliphatic rings. The Balaban J connectivity index is 0.684. The minimum Gasteiger partial charge on any atom is -0.391 e. The number of nitrogens with zero attached hydrogens (tertiary/aromatic N) is 9. The number of benzene rings is 3. The van der Waals surface area contributed by atoms with Crippen molar-refractivity contribution in [3.05, 3.63) is 149 Å². The Morgan fingerprint density at radius 2 is 1.64 bits per heavy atom. The number of thiazole rings is 1. The fourth-order valence-corrected chi connectivity index (χ4v) is 13.9. The van der Waals surface area contributed by atoms with E-state index in [1.54, 1.807) is 65.7 Å². The van der Waals surface area contributed by atoms with Crippen LogP contribution in [0, 0.1) is 18.3 Å². The number of carbonyl (C=O) groups is 5. The van der Waals surface area contributed by atoms with E-state index < -0.39 is 35.7 Å². The Hall–Kier alpha value is -7.95. The van der Waals surface area contributed by atoms with Crippen LogP contribution in [0.3, 0.4) is 0 Å². The van der Waals surface area contributed by atoms with Crippen molar-refractivity contribution in [2.24, 2.45) is 11.3 Å². The van der Waals surface area contributed by atoms with Gasteiger partial charge < -0.3 is 45.8 Å². The lowest BCUT2D eigenvalue weighted by Crippen LogP contribution is -2.73. The Morgan fingerprint density at radius 1 is 0.907 bits per heavy atom. The third-order valence-electron chi connectivity index (χ3n) is 17.9. The summed E-state index contributed by atoms with van der Waals surface area (Å²) in [5, 5.41) is 32.6. The Bertz CT molecular complexity index is 3470. The number of likely N-dealkylation sites (tertiary alicyclic amines) is 2. The number of piperazine rings is 1. The summed E-state index contributed by atoms with van der Waals surface area (Å²) in [7, 11) is 0. The smallest absolute Gasteiger partial charge is 0.261 e. The van der Waals surface area contributed by atoms with Crippen molar-refractivity contribution < 1.29 is 39.5 Å². The molecule has 4 atom stereocenters. The second-order valence-electron chi connectivity index (χ2n) is 24.6. The summed E-state index contributed by atoms with van der Waals surface area (Å²) < 4.78 is 0. The number of pyridine rings is 1. The molecule has 1 spiro atoms. The van der Waals surface area contributed by atoms with Gasteiger partial charge in [-0.05, 0) is 111 Å². The summed E-state index contributed by atoms with van der Waals surface area (Å²) in [4.78, 5) is 99.8. The number of quaternary nitrogens is 1. The average Bonchev–Trinajstić information content (AvgIpc) is 1.82. The molecule has 7 heterocycles. The standard InChI is InChI=1S/C65H77N13O7S/c1-7-25-66-59(81)50-36-67-63(73-58(50)72-54-14-10-13-53(71-54)64(5,6)85)69-45-19-21-46(22-20-45)74-28-30-75(31-29-74)47-34-65(35-47)23-26-76(27-24-65)55(80)33-51(42-15-17-43(18-16-42)57-41(4)68-39-86-57)70-60(82)52-32-48(79)38-77(52)62(84)56(40(2)3)78-37-44-11-8-9-12-49(44)61(78)83/h7-22,36,39-40,47-48,51-52,56,79,85H,1,23-35,37-38H2,2-6H3,(H,66,81)(H,70,82)(H2,67,69,71,72,73)/p+1/t48-,51+,52+,56+/m1/s1. The van der Waals surface area contributed by atoms with Crippen molar-refractivity contribution >= 4 is 69.8 Å². The fraction of sp³-hybridized carbons (Fsp3) is 0.431. The van der Waals surface area contributed by atoms with Gasteiger partial charge in [0.05, 0.1) is 46.5 Å². The highest BCUT2D eigenvalue weighted by atomic mass is 32.1. The molecule has 450 valence electrons. The van der Waals surface area contributed by atoms with E-state index >= 15 is 0 Å². The molecular formula is C65H78N13O7S+. The van der Waals surface area contributed by atoms with Crippen LogP contribution in [0.15, 0.2) is 115 Å². The lowest BCUT2D eigenvalue weighted by molar-refractivity contribution is -0.487. The predicted molar refractivity (Wildman–Crippen MR) is 329 cm³/mol. The molecule has 0 radical (unpaired) electrons. The summed E-state index contributed by atoms with van der Waals surface area (Å²) in [5.74, 6) is -0.489. The molecular weight excluding hydrogens is 1110 g/mol. The zero-order valence-electron chi connectivity index (χ0n) is 49.6. The molecule has 0 bridgehead atoms. The van der Waals surface area contributed by atoms with Gasteiger partial charge in [-0.1, -0.05) is 68.5 Å². The Labute approximate surface area is 506 Å². The third kappa shape index (κ3) is 12.9. The first kappa shape index (κ1) is 59.8. The number of hydrogen-bond donors (Lipinski definition) is 6. The van der Waals surface area contributed by atoms with E-state index in [1.165, 1.54) is 11.1 Å². The minimum absolute atomic E-state index is 0.0301. The molecule has 1 aliphatic carbocycles. The van der Waals surface area contributed by atoms with E-state index in [9.17, 15) is 34.2 Å². The van der Waals surface area contributed by atoms with Gasteiger partial charge in [-0.15, -0.1) is 17.9 Å². The van der Waals surface area contributed by atoms with Crippen molar-refractivity contribution in [1.82, 2.24) is 50.2 Å². The van der Waals surface area contributed by atoms with E-state index in [2.05, 4.69) is 59.4 Å². The predicted octanol–water partition coefficient (Wildman–Crippen LogP) is 6.50. The molecule has 3 saturated heterocycles. The number of aliphatic hydroxyl groups excluding tert-OH is 1. The molecule has 1 saturated carbocycles. The number of piperidine rings is 1. The molecule has 4 aliphatic heterocycles. The second-order valence-corrected chi connectivity index (χ2v) is 25.5. The average molecular weight is 1190 g/mol. The number of hydrogen-bond acceptors (Lipinski definition) is 15. The highest BCUT2D eigenvalue weighted by molar-refractivity contribution is 7.13. The van der Waals surface area contributed by atoms with E-state index in [4.69, 9.17) is 4.98 Å². The lowest BCUT2D eigenvalue weighted by atomic mass is 9.60. The van der Waals surface area contributed by atoms with Crippen LogP contribution in [0.2, 0.25) is 0 Å². The first-order chi connectivity index (χ1) is 41.3. The van der Waals surface area contributed by atoms with Crippen LogP contribution in [-0.4, -0.2) is 156 Å². The number of β-amino-alcohol motifs (C(OH)–C–C–N with tert-alkyl or cyclic N) is 1. The van der Waals surface area contributed by atoms with E-state index in [1.807, 2.05) is 85.8 Å². The van der Waals surface area contributed by atoms with Gasteiger partial charge in [-0.3, -0.25) is 28.9 Å². The van der Waals surface area contributed by atoms with Gasteiger partial charge in [0.1, 0.15) is 23.2 Å². The van der Waals surface area contributed by atoms with Crippen LogP contribution in [0.5, 0.6) is 0 Å². The van der Waals surface area contributed by atoms with Gasteiger partial charge in [-0.25, -0.2) is 15.3 Å². The van der Waals surface area contributed by atoms with Crippen LogP contribution in [-0.2, 0) is 26.5 Å². The molecule has 4 fully saturated rings. The van der Waals surface area contributed by atoms with Crippen LogP contribution in [0.1, 0.15) is 115 Å². The van der Waals surface area contributed by atoms with Crippen molar-refractivity contribution in [2.45, 2.75) is 116 Å². The third-order valence-corrected chi connectivity index (χ3v) is 18.9. The number of fused-ring (bicyclic) bond motifs is 1. The van der Waals surface area contributed by atoms with Crippen LogP contribution >= 0.6 is 11.3 Å². The topological polar surface area (TPSA) is 246 Å². The molecule has 11 rings (SSSR count). The largest absolute Gasteiger partial charge is 0.391 e. The monoisotopic (exact) mass is 1180 g/mol. The first-order valence-electron chi connectivity index (χ1n) is 30.0. The number of aliphatic hydroxyl groups is 2. The van der Waals surface area contributed by atoms with Crippen LogP contribution < -0.4 is 26.2 Å². The highest BCUT2D eigenvalue weighted by Gasteiger charge is 2.50. The van der Waals surface area contributed by atoms with Crippen LogP contribution in [0.25, 0.3) is 10.4 Å². The molecule has 20 nitrogen and oxygen atoms in total. The maximum Gasteiger partial charge on any atom is 0.261 e. The van der Waals surface area contributed by atoms with Crippen molar-refractivity contribution in [1.29, 1.82) is 0 Å². The number of anilines is 3. The maximum atomic E-state index is 14.6. The maximum absolute atomic E-state index is 14.6. The van der Waals surface area contributed by atoms with Gasteiger partial charge in [0.25, 0.3) is 11.8 Å². The summed E-state index contributed by atoms with van der Waals surface area (Å²) >= 11 is 1.55. The van der Waals surface area contributed by atoms with Gasteiger partial charge >= 0.3 is 0 Å². The fourth-order valence-electron chi connectivity index (χ4n) is 13.1. The van der Waals surface area contributed by atoms with E-state index in [-0.39, 0.29) is 73.0 Å². The van der Waals surface area contributed by atoms with Crippen molar-refractivity contribution in [3.8, 4) is 10.4 Å². The molecule has 6 aromatic rings. The van der Waals surface area contributed by atoms with E-state index in [0.29, 0.717) is 48.0 Å². The first-order valence-corrected chi connectivity index (χ1v) is 30.8. The number of rotatable bonds is 19. The molecule has 3 aromatic heterocycles. The number of aromatic nitrogens is 4. The number of nitrogens with two attached hydrogens (primary N) is 1. The minimum atomic E-state index is -1.15. The SMILES string of the molecule is C=CCNC(=O)c1cnc(Nc2ccc(N3CCN(C4CC5(CCN(C(=O)C[C@H](NC(=O)[C@@H]6C[C@@H](O)CN6C(=O)[C@H](C(C)C)N6Cc7ccccc7C6=O)c6ccc(-c7scnc7C)cc6)CC5)C4)CC3)cc2)nc1[NH2+]c1cccc(C(C)(C)O)n1. The number of nitrogens with one attached hydrogen (secondary N) is 3. The number of aryl methyl sites for hydroxylation is 1. The van der Waals surface area contributed by atoms with Gasteiger partial charge in [0.15, 0.2) is 0 Å². The Kier molecular flexibility index (Phi) is 17.5. The van der Waals surface area contributed by atoms with E-state index in [0.717, 1.165) is 90.5 Å².